The molecule has 23 heavy (non-hydrogen) atoms. The molecule has 3 rings (SSSR count). The third-order valence-electron chi connectivity index (χ3n) is 3.67. The second kappa shape index (κ2) is 6.20. The maximum atomic E-state index is 12.3. The standard InChI is InChI=1S/C16H18N4O3/c1-10-13(9-18-20(10)14-5-3-4-8-17-14)16(22)23-11(2)15(21)19-12-6-7-12/h3-5,8-9,11-12H,6-7H2,1-2H3,(H,19,21). The number of aromatic nitrogens is 3. The highest BCUT2D eigenvalue weighted by molar-refractivity contribution is 5.93. The maximum absolute atomic E-state index is 12.3. The first-order valence-electron chi connectivity index (χ1n) is 7.53. The Bertz CT molecular complexity index is 722. The molecule has 1 saturated carbocycles. The van der Waals surface area contributed by atoms with Crippen LogP contribution in [0.25, 0.3) is 5.82 Å². The lowest BCUT2D eigenvalue weighted by atomic mass is 10.2. The lowest BCUT2D eigenvalue weighted by Gasteiger charge is -2.13. The number of carbonyl (C=O) groups is 2. The molecule has 0 saturated heterocycles. The highest BCUT2D eigenvalue weighted by atomic mass is 16.5. The second-order valence-corrected chi connectivity index (χ2v) is 5.57. The van der Waals surface area contributed by atoms with Crippen molar-refractivity contribution in [3.05, 3.63) is 41.9 Å². The first kappa shape index (κ1) is 15.2. The summed E-state index contributed by atoms with van der Waals surface area (Å²) in [5, 5.41) is 6.98. The maximum Gasteiger partial charge on any atom is 0.342 e. The minimum atomic E-state index is -0.833. The predicted octanol–water partition coefficient (Wildman–Crippen LogP) is 1.40. The summed E-state index contributed by atoms with van der Waals surface area (Å²) < 4.78 is 6.79. The van der Waals surface area contributed by atoms with Crippen LogP contribution in [-0.2, 0) is 9.53 Å². The van der Waals surface area contributed by atoms with Gasteiger partial charge >= 0.3 is 5.97 Å². The van der Waals surface area contributed by atoms with E-state index in [0.29, 0.717) is 17.1 Å². The molecule has 7 nitrogen and oxygen atoms in total. The number of hydrogen-bond donors (Lipinski definition) is 1. The van der Waals surface area contributed by atoms with Crippen molar-refractivity contribution >= 4 is 11.9 Å². The first-order valence-corrected chi connectivity index (χ1v) is 7.53. The SMILES string of the molecule is Cc1c(C(=O)OC(C)C(=O)NC2CC2)cnn1-c1ccccn1. The van der Waals surface area contributed by atoms with E-state index in [1.165, 1.54) is 6.20 Å². The number of carbonyl (C=O) groups excluding carboxylic acids is 2. The van der Waals surface area contributed by atoms with E-state index >= 15 is 0 Å². The summed E-state index contributed by atoms with van der Waals surface area (Å²) in [6.07, 6.45) is 4.22. The van der Waals surface area contributed by atoms with E-state index in [1.807, 2.05) is 6.07 Å². The lowest BCUT2D eigenvalue weighted by Crippen LogP contribution is -2.37. The Hall–Kier alpha value is -2.70. The first-order chi connectivity index (χ1) is 11.1. The molecule has 2 heterocycles. The van der Waals surface area contributed by atoms with Crippen molar-refractivity contribution in [1.29, 1.82) is 0 Å². The zero-order valence-corrected chi connectivity index (χ0v) is 13.0. The quantitative estimate of drug-likeness (QED) is 0.843. The second-order valence-electron chi connectivity index (χ2n) is 5.57. The number of pyridine rings is 1. The molecule has 0 bridgehead atoms. The van der Waals surface area contributed by atoms with Gasteiger partial charge < -0.3 is 10.1 Å². The number of esters is 1. The molecule has 0 spiro atoms. The van der Waals surface area contributed by atoms with Gasteiger partial charge in [-0.05, 0) is 38.8 Å². The van der Waals surface area contributed by atoms with E-state index in [-0.39, 0.29) is 11.9 Å². The highest BCUT2D eigenvalue weighted by Gasteiger charge is 2.28. The van der Waals surface area contributed by atoms with Crippen molar-refractivity contribution in [2.24, 2.45) is 0 Å². The van der Waals surface area contributed by atoms with E-state index in [4.69, 9.17) is 4.74 Å². The molecule has 1 aliphatic rings. The Labute approximate surface area is 133 Å². The highest BCUT2D eigenvalue weighted by Crippen LogP contribution is 2.19. The molecular weight excluding hydrogens is 296 g/mol. The Balaban J connectivity index is 1.70. The van der Waals surface area contributed by atoms with Crippen LogP contribution in [0.1, 0.15) is 35.8 Å². The average molecular weight is 314 g/mol. The fourth-order valence-electron chi connectivity index (χ4n) is 2.14. The van der Waals surface area contributed by atoms with Gasteiger partial charge in [-0.25, -0.2) is 14.5 Å². The number of nitrogens with zero attached hydrogens (tertiary/aromatic N) is 3. The lowest BCUT2D eigenvalue weighted by molar-refractivity contribution is -0.129. The van der Waals surface area contributed by atoms with Crippen LogP contribution in [0.2, 0.25) is 0 Å². The fourth-order valence-corrected chi connectivity index (χ4v) is 2.14. The van der Waals surface area contributed by atoms with Crippen molar-refractivity contribution in [1.82, 2.24) is 20.1 Å². The number of ether oxygens (including phenoxy) is 1. The predicted molar refractivity (Wildman–Crippen MR) is 82.1 cm³/mol. The molecule has 1 N–H and O–H groups in total. The van der Waals surface area contributed by atoms with Crippen LogP contribution in [0.5, 0.6) is 0 Å². The van der Waals surface area contributed by atoms with Crippen LogP contribution in [-0.4, -0.2) is 38.8 Å². The molecule has 1 aliphatic carbocycles. The van der Waals surface area contributed by atoms with Gasteiger partial charge in [0.05, 0.1) is 11.9 Å². The van der Waals surface area contributed by atoms with Crippen LogP contribution < -0.4 is 5.32 Å². The average Bonchev–Trinajstić information content (AvgIpc) is 3.27. The summed E-state index contributed by atoms with van der Waals surface area (Å²) in [4.78, 5) is 28.3. The molecule has 1 unspecified atom stereocenters. The normalized spacial score (nSPS) is 15.0. The third kappa shape index (κ3) is 3.39. The summed E-state index contributed by atoms with van der Waals surface area (Å²) in [6, 6.07) is 5.67. The van der Waals surface area contributed by atoms with Crippen molar-refractivity contribution in [2.45, 2.75) is 38.8 Å². The molecule has 0 radical (unpaired) electrons. The summed E-state index contributed by atoms with van der Waals surface area (Å²) in [6.45, 7) is 3.32. The van der Waals surface area contributed by atoms with Crippen LogP contribution in [0, 0.1) is 6.92 Å². The van der Waals surface area contributed by atoms with E-state index in [2.05, 4.69) is 15.4 Å². The smallest absolute Gasteiger partial charge is 0.342 e. The van der Waals surface area contributed by atoms with Crippen LogP contribution in [0.15, 0.2) is 30.6 Å². The van der Waals surface area contributed by atoms with Gasteiger partial charge in [-0.2, -0.15) is 5.10 Å². The third-order valence-corrected chi connectivity index (χ3v) is 3.67. The zero-order chi connectivity index (χ0) is 16.4. The van der Waals surface area contributed by atoms with E-state index in [9.17, 15) is 9.59 Å². The Kier molecular flexibility index (Phi) is 4.10. The summed E-state index contributed by atoms with van der Waals surface area (Å²) in [7, 11) is 0. The fraction of sp³-hybridized carbons (Fsp3) is 0.375. The Morgan fingerprint density at radius 1 is 1.39 bits per heavy atom. The number of hydrogen-bond acceptors (Lipinski definition) is 5. The van der Waals surface area contributed by atoms with Gasteiger partial charge in [0.1, 0.15) is 5.56 Å². The van der Waals surface area contributed by atoms with Crippen LogP contribution in [0.3, 0.4) is 0 Å². The molecule has 0 aliphatic heterocycles. The number of nitrogens with one attached hydrogen (secondary N) is 1. The molecule has 1 amide bonds. The number of rotatable bonds is 5. The Morgan fingerprint density at radius 2 is 2.17 bits per heavy atom. The van der Waals surface area contributed by atoms with Crippen molar-refractivity contribution < 1.29 is 14.3 Å². The largest absolute Gasteiger partial charge is 0.449 e. The molecule has 120 valence electrons. The van der Waals surface area contributed by atoms with Crippen molar-refractivity contribution in [2.75, 3.05) is 0 Å². The van der Waals surface area contributed by atoms with Gasteiger partial charge in [0.15, 0.2) is 11.9 Å². The van der Waals surface area contributed by atoms with E-state index in [1.54, 1.807) is 36.9 Å². The topological polar surface area (TPSA) is 86.1 Å². The van der Waals surface area contributed by atoms with Gasteiger partial charge in [-0.3, -0.25) is 4.79 Å². The molecule has 1 fully saturated rings. The molecular formula is C16H18N4O3. The summed E-state index contributed by atoms with van der Waals surface area (Å²) in [5.74, 6) is -0.220. The van der Waals surface area contributed by atoms with E-state index in [0.717, 1.165) is 12.8 Å². The van der Waals surface area contributed by atoms with Gasteiger partial charge in [-0.15, -0.1) is 0 Å². The molecule has 2 aromatic rings. The number of amides is 1. The van der Waals surface area contributed by atoms with Crippen LogP contribution >= 0.6 is 0 Å². The summed E-state index contributed by atoms with van der Waals surface area (Å²) in [5.41, 5.74) is 0.935. The van der Waals surface area contributed by atoms with Crippen molar-refractivity contribution in [3.8, 4) is 5.82 Å². The van der Waals surface area contributed by atoms with Crippen LogP contribution in [0.4, 0.5) is 0 Å². The monoisotopic (exact) mass is 314 g/mol. The molecule has 0 aromatic carbocycles. The molecule has 1 atom stereocenters. The zero-order valence-electron chi connectivity index (χ0n) is 13.0. The molecule has 7 heteroatoms. The van der Waals surface area contributed by atoms with Gasteiger partial charge in [0, 0.05) is 12.2 Å². The minimum absolute atomic E-state index is 0.234. The Morgan fingerprint density at radius 3 is 2.83 bits per heavy atom. The summed E-state index contributed by atoms with van der Waals surface area (Å²) >= 11 is 0. The molecule has 2 aromatic heterocycles. The van der Waals surface area contributed by atoms with Crippen molar-refractivity contribution in [3.63, 3.8) is 0 Å². The van der Waals surface area contributed by atoms with Gasteiger partial charge in [0.25, 0.3) is 5.91 Å². The van der Waals surface area contributed by atoms with Gasteiger partial charge in [0.2, 0.25) is 0 Å². The van der Waals surface area contributed by atoms with E-state index < -0.39 is 12.1 Å². The minimum Gasteiger partial charge on any atom is -0.449 e. The van der Waals surface area contributed by atoms with Gasteiger partial charge in [-0.1, -0.05) is 6.07 Å².